The second-order valence-corrected chi connectivity index (χ2v) is 9.14. The fraction of sp³-hybridized carbons (Fsp3) is 0.824. The van der Waals surface area contributed by atoms with Crippen LogP contribution in [0.3, 0.4) is 0 Å². The first-order chi connectivity index (χ1) is 9.22. The average molecular weight is 296 g/mol. The molecular weight excluding hydrogens is 270 g/mol. The van der Waals surface area contributed by atoms with E-state index in [2.05, 4.69) is 25.7 Å². The van der Waals surface area contributed by atoms with Crippen LogP contribution < -0.4 is 5.32 Å². The molecule has 0 spiro atoms. The van der Waals surface area contributed by atoms with Crippen LogP contribution in [0.5, 0.6) is 0 Å². The van der Waals surface area contributed by atoms with E-state index in [-0.39, 0.29) is 11.3 Å². The van der Waals surface area contributed by atoms with Gasteiger partial charge in [-0.15, -0.1) is 0 Å². The number of amides is 1. The number of nitrogens with one attached hydrogen (secondary N) is 1. The van der Waals surface area contributed by atoms with E-state index in [9.17, 15) is 4.79 Å². The molecule has 0 radical (unpaired) electrons. The number of carbonyl (C=O) groups excluding carboxylic acids is 1. The number of hydrogen-bond acceptors (Lipinski definition) is 1. The van der Waals surface area contributed by atoms with Crippen molar-refractivity contribution in [2.45, 2.75) is 58.8 Å². The largest absolute Gasteiger partial charge is 0.351 e. The van der Waals surface area contributed by atoms with Crippen molar-refractivity contribution in [3.63, 3.8) is 0 Å². The number of carbonyl (C=O) groups is 1. The Balaban J connectivity index is 1.72. The van der Waals surface area contributed by atoms with Gasteiger partial charge in [-0.2, -0.15) is 0 Å². The van der Waals surface area contributed by atoms with Crippen molar-refractivity contribution in [3.8, 4) is 0 Å². The van der Waals surface area contributed by atoms with E-state index in [0.29, 0.717) is 28.8 Å². The van der Waals surface area contributed by atoms with E-state index in [0.717, 1.165) is 5.92 Å². The zero-order valence-corrected chi connectivity index (χ0v) is 13.5. The smallest absolute Gasteiger partial charge is 0.220 e. The Bertz CT molecular complexity index is 440. The molecule has 20 heavy (non-hydrogen) atoms. The first-order valence-electron chi connectivity index (χ1n) is 7.82. The fourth-order valence-corrected chi connectivity index (χ4v) is 6.55. The molecule has 4 saturated carbocycles. The second-order valence-electron chi connectivity index (χ2n) is 8.60. The highest BCUT2D eigenvalue weighted by atomic mass is 35.5. The normalized spacial score (nSPS) is 45.5. The summed E-state index contributed by atoms with van der Waals surface area (Å²) in [7, 11) is 0. The number of rotatable bonds is 4. The van der Waals surface area contributed by atoms with Crippen molar-refractivity contribution in [2.24, 2.45) is 22.2 Å². The van der Waals surface area contributed by atoms with Gasteiger partial charge in [0.25, 0.3) is 0 Å². The summed E-state index contributed by atoms with van der Waals surface area (Å²) in [5, 5.41) is 3.41. The lowest BCUT2D eigenvalue weighted by Crippen LogP contribution is -2.56. The lowest BCUT2D eigenvalue weighted by atomic mass is 9.40. The van der Waals surface area contributed by atoms with Gasteiger partial charge in [0, 0.05) is 11.5 Å². The molecule has 0 aromatic carbocycles. The van der Waals surface area contributed by atoms with Crippen LogP contribution in [0.4, 0.5) is 0 Å². The molecule has 2 atom stereocenters. The van der Waals surface area contributed by atoms with Gasteiger partial charge >= 0.3 is 0 Å². The molecule has 4 rings (SSSR count). The van der Waals surface area contributed by atoms with Crippen LogP contribution in [-0.2, 0) is 4.79 Å². The van der Waals surface area contributed by atoms with Gasteiger partial charge in [0.05, 0.1) is 6.54 Å². The van der Waals surface area contributed by atoms with Crippen LogP contribution in [0.25, 0.3) is 0 Å². The highest BCUT2D eigenvalue weighted by Crippen LogP contribution is 2.70. The van der Waals surface area contributed by atoms with Gasteiger partial charge in [-0.3, -0.25) is 4.79 Å². The van der Waals surface area contributed by atoms with Gasteiger partial charge in [0.1, 0.15) is 0 Å². The van der Waals surface area contributed by atoms with Crippen molar-refractivity contribution >= 4 is 17.5 Å². The van der Waals surface area contributed by atoms with Crippen LogP contribution in [0.1, 0.15) is 58.8 Å². The SMILES string of the molecule is C=C(Cl)CNC(=O)CC12CC3CC(C)(CC(C)(C3)C1)C2. The van der Waals surface area contributed by atoms with Crippen molar-refractivity contribution in [2.75, 3.05) is 6.54 Å². The maximum atomic E-state index is 12.2. The van der Waals surface area contributed by atoms with E-state index in [1.165, 1.54) is 38.5 Å². The van der Waals surface area contributed by atoms with Crippen molar-refractivity contribution in [1.29, 1.82) is 0 Å². The molecule has 0 aromatic heterocycles. The minimum absolute atomic E-state index is 0.154. The molecule has 1 N–H and O–H groups in total. The van der Waals surface area contributed by atoms with Gasteiger partial charge in [0.2, 0.25) is 5.91 Å². The van der Waals surface area contributed by atoms with Gasteiger partial charge in [-0.25, -0.2) is 0 Å². The summed E-state index contributed by atoms with van der Waals surface area (Å²) < 4.78 is 0. The van der Waals surface area contributed by atoms with Gasteiger partial charge in [0.15, 0.2) is 0 Å². The molecule has 0 aliphatic heterocycles. The summed E-state index contributed by atoms with van der Waals surface area (Å²) in [6.07, 6.45) is 8.53. The number of hydrogen-bond donors (Lipinski definition) is 1. The minimum atomic E-state index is 0.154. The molecular formula is C17H26ClNO. The topological polar surface area (TPSA) is 29.1 Å². The average Bonchev–Trinajstić information content (AvgIpc) is 2.20. The van der Waals surface area contributed by atoms with Crippen molar-refractivity contribution < 1.29 is 4.79 Å². The Labute approximate surface area is 127 Å². The number of halogens is 1. The molecule has 4 bridgehead atoms. The molecule has 4 aliphatic rings. The quantitative estimate of drug-likeness (QED) is 0.826. The fourth-order valence-electron chi connectivity index (χ4n) is 6.48. The summed E-state index contributed by atoms with van der Waals surface area (Å²) in [6, 6.07) is 0. The predicted octanol–water partition coefficient (Wildman–Crippen LogP) is 4.24. The Morgan fingerprint density at radius 2 is 1.80 bits per heavy atom. The third kappa shape index (κ3) is 2.64. The zero-order valence-electron chi connectivity index (χ0n) is 12.7. The summed E-state index contributed by atoms with van der Waals surface area (Å²) in [6.45, 7) is 8.92. The highest BCUT2D eigenvalue weighted by Gasteiger charge is 2.60. The summed E-state index contributed by atoms with van der Waals surface area (Å²) in [4.78, 5) is 12.2. The molecule has 0 saturated heterocycles. The molecule has 112 valence electrons. The zero-order chi connectivity index (χ0) is 14.6. The minimum Gasteiger partial charge on any atom is -0.351 e. The lowest BCUT2D eigenvalue weighted by molar-refractivity contribution is -0.155. The lowest BCUT2D eigenvalue weighted by Gasteiger charge is -2.65. The maximum Gasteiger partial charge on any atom is 0.220 e. The molecule has 0 aromatic rings. The van der Waals surface area contributed by atoms with Gasteiger partial charge in [-0.05, 0) is 60.7 Å². The van der Waals surface area contributed by atoms with E-state index in [4.69, 9.17) is 11.6 Å². The molecule has 3 heteroatoms. The van der Waals surface area contributed by atoms with Gasteiger partial charge < -0.3 is 5.32 Å². The molecule has 4 fully saturated rings. The maximum absolute atomic E-state index is 12.2. The molecule has 2 unspecified atom stereocenters. The third-order valence-electron chi connectivity index (χ3n) is 5.75. The Morgan fingerprint density at radius 1 is 1.20 bits per heavy atom. The van der Waals surface area contributed by atoms with Gasteiger partial charge in [-0.1, -0.05) is 32.0 Å². The predicted molar refractivity (Wildman–Crippen MR) is 82.5 cm³/mol. The molecule has 2 nitrogen and oxygen atoms in total. The second kappa shape index (κ2) is 4.50. The van der Waals surface area contributed by atoms with E-state index in [1.54, 1.807) is 0 Å². The van der Waals surface area contributed by atoms with E-state index >= 15 is 0 Å². The Hall–Kier alpha value is -0.500. The van der Waals surface area contributed by atoms with Crippen LogP contribution in [0.2, 0.25) is 0 Å². The molecule has 0 heterocycles. The van der Waals surface area contributed by atoms with Crippen molar-refractivity contribution in [1.82, 2.24) is 5.32 Å². The summed E-state index contributed by atoms with van der Waals surface area (Å²) in [5.41, 5.74) is 1.20. The van der Waals surface area contributed by atoms with E-state index < -0.39 is 0 Å². The summed E-state index contributed by atoms with van der Waals surface area (Å²) >= 11 is 5.73. The standard InChI is InChI=1S/C17H26ClNO/c1-12(18)8-19-14(20)7-17-6-13-4-15(2,10-17)9-16(3,5-13)11-17/h13H,1,4-11H2,2-3H3,(H,19,20). The van der Waals surface area contributed by atoms with E-state index in [1.807, 2.05) is 0 Å². The van der Waals surface area contributed by atoms with Crippen LogP contribution in [0, 0.1) is 22.2 Å². The Morgan fingerprint density at radius 3 is 2.30 bits per heavy atom. The monoisotopic (exact) mass is 295 g/mol. The Kier molecular flexibility index (Phi) is 3.25. The first kappa shape index (κ1) is 14.4. The highest BCUT2D eigenvalue weighted by molar-refractivity contribution is 6.29. The molecule has 1 amide bonds. The summed E-state index contributed by atoms with van der Waals surface area (Å²) in [5.74, 6) is 0.998. The van der Waals surface area contributed by atoms with Crippen LogP contribution >= 0.6 is 11.6 Å². The third-order valence-corrected chi connectivity index (χ3v) is 5.89. The first-order valence-corrected chi connectivity index (χ1v) is 8.20. The van der Waals surface area contributed by atoms with Crippen molar-refractivity contribution in [3.05, 3.63) is 11.6 Å². The van der Waals surface area contributed by atoms with Crippen LogP contribution in [0.15, 0.2) is 11.6 Å². The molecule has 4 aliphatic carbocycles. The van der Waals surface area contributed by atoms with Crippen LogP contribution in [-0.4, -0.2) is 12.5 Å².